The summed E-state index contributed by atoms with van der Waals surface area (Å²) in [6.07, 6.45) is 5.08. The first-order chi connectivity index (χ1) is 13.6. The Morgan fingerprint density at radius 2 is 1.96 bits per heavy atom. The molecule has 0 aliphatic rings. The minimum Gasteiger partial charge on any atom is -0.276 e. The fourth-order valence-electron chi connectivity index (χ4n) is 2.63. The predicted molar refractivity (Wildman–Crippen MR) is 108 cm³/mol. The van der Waals surface area contributed by atoms with Gasteiger partial charge in [0.2, 0.25) is 6.41 Å². The third-order valence-electron chi connectivity index (χ3n) is 3.99. The molecule has 0 aliphatic heterocycles. The molecule has 0 fully saturated rings. The minimum atomic E-state index is -0.613. The predicted octanol–water partition coefficient (Wildman–Crippen LogP) is 4.41. The Morgan fingerprint density at radius 3 is 2.64 bits per heavy atom. The van der Waals surface area contributed by atoms with Gasteiger partial charge in [0, 0.05) is 35.3 Å². The molecular formula is C20H17N3O4S. The average Bonchev–Trinajstić information content (AvgIpc) is 3.22. The highest BCUT2D eigenvalue weighted by Gasteiger charge is 2.20. The van der Waals surface area contributed by atoms with Crippen LogP contribution in [0.25, 0.3) is 10.4 Å². The van der Waals surface area contributed by atoms with Gasteiger partial charge in [-0.2, -0.15) is 5.06 Å². The van der Waals surface area contributed by atoms with E-state index in [2.05, 4.69) is 11.6 Å². The number of pyridine rings is 1. The fraction of sp³-hybridized carbons (Fsp3) is 0.100. The average molecular weight is 395 g/mol. The van der Waals surface area contributed by atoms with E-state index in [9.17, 15) is 14.9 Å². The zero-order valence-corrected chi connectivity index (χ0v) is 15.6. The van der Waals surface area contributed by atoms with Crippen LogP contribution in [0.2, 0.25) is 0 Å². The number of rotatable bonds is 9. The van der Waals surface area contributed by atoms with Crippen molar-refractivity contribution in [2.24, 2.45) is 0 Å². The summed E-state index contributed by atoms with van der Waals surface area (Å²) in [5.74, 6) is 0. The van der Waals surface area contributed by atoms with Crippen LogP contribution < -0.4 is 5.06 Å². The number of carbonyl (C=O) groups excluding carboxylic acids is 1. The van der Waals surface area contributed by atoms with Crippen molar-refractivity contribution in [1.29, 1.82) is 0 Å². The lowest BCUT2D eigenvalue weighted by molar-refractivity contribution is -0.385. The number of benzene rings is 1. The third kappa shape index (κ3) is 4.48. The molecule has 0 saturated heterocycles. The summed E-state index contributed by atoms with van der Waals surface area (Å²) in [6.45, 7) is 3.72. The number of nitro benzene ring substituents is 1. The van der Waals surface area contributed by atoms with Crippen molar-refractivity contribution >= 4 is 28.4 Å². The maximum Gasteiger partial charge on any atom is 0.272 e. The molecule has 3 rings (SSSR count). The van der Waals surface area contributed by atoms with Crippen LogP contribution in [0.15, 0.2) is 73.6 Å². The van der Waals surface area contributed by atoms with Crippen molar-refractivity contribution < 1.29 is 14.6 Å². The fourth-order valence-corrected chi connectivity index (χ4v) is 3.56. The Labute approximate surface area is 165 Å². The van der Waals surface area contributed by atoms with Crippen molar-refractivity contribution in [3.63, 3.8) is 0 Å². The quantitative estimate of drug-likeness (QED) is 0.232. The number of aromatic nitrogens is 1. The summed E-state index contributed by atoms with van der Waals surface area (Å²) in [5, 5.41) is 12.9. The molecule has 0 spiro atoms. The molecule has 2 heterocycles. The molecule has 0 saturated carbocycles. The highest BCUT2D eigenvalue weighted by atomic mass is 32.1. The molecule has 0 aliphatic carbocycles. The Kier molecular flexibility index (Phi) is 6.25. The van der Waals surface area contributed by atoms with E-state index in [0.717, 1.165) is 15.5 Å². The van der Waals surface area contributed by atoms with E-state index in [1.807, 2.05) is 18.2 Å². The van der Waals surface area contributed by atoms with E-state index in [0.29, 0.717) is 17.0 Å². The molecule has 8 heteroatoms. The first-order valence-electron chi connectivity index (χ1n) is 8.38. The van der Waals surface area contributed by atoms with Gasteiger partial charge in [0.25, 0.3) is 5.69 Å². The van der Waals surface area contributed by atoms with Crippen molar-refractivity contribution in [3.8, 4) is 10.4 Å². The van der Waals surface area contributed by atoms with Gasteiger partial charge in [0.1, 0.15) is 11.1 Å². The molecule has 1 unspecified atom stereocenters. The zero-order valence-electron chi connectivity index (χ0n) is 14.8. The Bertz CT molecular complexity index is 974. The summed E-state index contributed by atoms with van der Waals surface area (Å²) >= 11 is 1.38. The van der Waals surface area contributed by atoms with Crippen molar-refractivity contribution in [2.45, 2.75) is 12.5 Å². The zero-order chi connectivity index (χ0) is 19.9. The number of amides is 1. The highest BCUT2D eigenvalue weighted by molar-refractivity contribution is 7.19. The number of hydrogen-bond acceptors (Lipinski definition) is 6. The van der Waals surface area contributed by atoms with Gasteiger partial charge in [-0.3, -0.25) is 24.7 Å². The number of nitro groups is 1. The van der Waals surface area contributed by atoms with Crippen LogP contribution >= 0.6 is 11.3 Å². The lowest BCUT2D eigenvalue weighted by Crippen LogP contribution is -2.28. The van der Waals surface area contributed by atoms with E-state index in [1.165, 1.54) is 23.5 Å². The summed E-state index contributed by atoms with van der Waals surface area (Å²) < 4.78 is 0. The number of nitrogens with zero attached hydrogens (tertiary/aromatic N) is 3. The standard InChI is InChI=1S/C20H17N3O4S/c1-2-17(13-16-5-3-4-6-18(16)23(25)26)27-22(14-24)20-8-7-19(28-20)15-9-11-21-12-10-15/h2-12,14,17H,1,13H2. The molecule has 1 atom stereocenters. The summed E-state index contributed by atoms with van der Waals surface area (Å²) in [5.41, 5.74) is 1.50. The minimum absolute atomic E-state index is 0.00620. The summed E-state index contributed by atoms with van der Waals surface area (Å²) in [6, 6.07) is 13.9. The maximum absolute atomic E-state index is 11.6. The van der Waals surface area contributed by atoms with E-state index in [-0.39, 0.29) is 12.1 Å². The number of para-hydroxylation sites is 1. The lowest BCUT2D eigenvalue weighted by Gasteiger charge is -2.20. The van der Waals surface area contributed by atoms with Crippen LogP contribution in [0.3, 0.4) is 0 Å². The van der Waals surface area contributed by atoms with Crippen LogP contribution in [0.5, 0.6) is 0 Å². The smallest absolute Gasteiger partial charge is 0.272 e. The normalized spacial score (nSPS) is 11.6. The number of anilines is 1. The summed E-state index contributed by atoms with van der Waals surface area (Å²) in [7, 11) is 0. The van der Waals surface area contributed by atoms with Crippen LogP contribution in [0.1, 0.15) is 5.56 Å². The molecular weight excluding hydrogens is 378 g/mol. The van der Waals surface area contributed by atoms with E-state index < -0.39 is 11.0 Å². The van der Waals surface area contributed by atoms with Gasteiger partial charge in [-0.1, -0.05) is 24.3 Å². The van der Waals surface area contributed by atoms with Crippen LogP contribution in [0, 0.1) is 10.1 Å². The maximum atomic E-state index is 11.6. The van der Waals surface area contributed by atoms with E-state index >= 15 is 0 Å². The molecule has 1 amide bonds. The van der Waals surface area contributed by atoms with Gasteiger partial charge in [-0.15, -0.1) is 17.9 Å². The first kappa shape index (κ1) is 19.4. The molecule has 0 radical (unpaired) electrons. The van der Waals surface area contributed by atoms with Gasteiger partial charge in [0.05, 0.1) is 4.92 Å². The highest BCUT2D eigenvalue weighted by Crippen LogP contribution is 2.33. The number of hydrogen-bond donors (Lipinski definition) is 0. The lowest BCUT2D eigenvalue weighted by atomic mass is 10.1. The van der Waals surface area contributed by atoms with Gasteiger partial charge in [0.15, 0.2) is 0 Å². The van der Waals surface area contributed by atoms with Gasteiger partial charge >= 0.3 is 0 Å². The second-order valence-electron chi connectivity index (χ2n) is 5.77. The molecule has 7 nitrogen and oxygen atoms in total. The number of thiophene rings is 1. The van der Waals surface area contributed by atoms with Crippen LogP contribution in [0.4, 0.5) is 10.7 Å². The Hall–Kier alpha value is -3.36. The topological polar surface area (TPSA) is 85.6 Å². The molecule has 2 aromatic heterocycles. The number of hydroxylamine groups is 1. The van der Waals surface area contributed by atoms with Crippen LogP contribution in [-0.4, -0.2) is 22.4 Å². The third-order valence-corrected chi connectivity index (χ3v) is 5.11. The second kappa shape index (κ2) is 9.03. The van der Waals surface area contributed by atoms with Crippen LogP contribution in [-0.2, 0) is 16.1 Å². The SMILES string of the molecule is C=CC(Cc1ccccc1[N+](=O)[O-])ON(C=O)c1ccc(-c2ccncc2)s1. The van der Waals surface area contributed by atoms with Crippen molar-refractivity contribution in [2.75, 3.05) is 5.06 Å². The molecule has 1 aromatic carbocycles. The van der Waals surface area contributed by atoms with E-state index in [1.54, 1.807) is 36.7 Å². The monoisotopic (exact) mass is 395 g/mol. The second-order valence-corrected chi connectivity index (χ2v) is 6.84. The molecule has 0 N–H and O–H groups in total. The molecule has 142 valence electrons. The van der Waals surface area contributed by atoms with Gasteiger partial charge in [-0.25, -0.2) is 0 Å². The molecule has 0 bridgehead atoms. The number of carbonyl (C=O) groups is 1. The van der Waals surface area contributed by atoms with Crippen molar-refractivity contribution in [3.05, 3.63) is 89.3 Å². The van der Waals surface area contributed by atoms with Gasteiger partial charge in [-0.05, 0) is 29.8 Å². The van der Waals surface area contributed by atoms with Gasteiger partial charge < -0.3 is 0 Å². The molecule has 28 heavy (non-hydrogen) atoms. The Balaban J connectivity index is 1.76. The Morgan fingerprint density at radius 1 is 1.21 bits per heavy atom. The first-order valence-corrected chi connectivity index (χ1v) is 9.20. The van der Waals surface area contributed by atoms with Crippen molar-refractivity contribution in [1.82, 2.24) is 4.98 Å². The summed E-state index contributed by atoms with van der Waals surface area (Å²) in [4.78, 5) is 33.0. The van der Waals surface area contributed by atoms with E-state index in [4.69, 9.17) is 4.84 Å². The molecule has 3 aromatic rings. The largest absolute Gasteiger partial charge is 0.276 e.